The van der Waals surface area contributed by atoms with Gasteiger partial charge in [0.1, 0.15) is 0 Å². The number of anilines is 1. The Balaban J connectivity index is 2.37. The second-order valence-electron chi connectivity index (χ2n) is 4.47. The maximum absolute atomic E-state index is 4.36. The van der Waals surface area contributed by atoms with Crippen LogP contribution in [0.4, 0.5) is 5.69 Å². The Labute approximate surface area is 109 Å². The van der Waals surface area contributed by atoms with Crippen molar-refractivity contribution in [2.24, 2.45) is 0 Å². The monoisotopic (exact) mass is 238 g/mol. The summed E-state index contributed by atoms with van der Waals surface area (Å²) in [6.07, 6.45) is 6.11. The smallest absolute Gasteiger partial charge is 0.0468 e. The topological polar surface area (TPSA) is 16.1 Å². The fourth-order valence-electron chi connectivity index (χ4n) is 1.90. The Morgan fingerprint density at radius 2 is 1.72 bits per heavy atom. The molecule has 0 bridgehead atoms. The van der Waals surface area contributed by atoms with Gasteiger partial charge in [0.15, 0.2) is 0 Å². The molecule has 0 saturated heterocycles. The second kappa shape index (κ2) is 5.50. The van der Waals surface area contributed by atoms with Crippen LogP contribution < -0.4 is 4.90 Å². The van der Waals surface area contributed by atoms with Crippen LogP contribution in [0, 0.1) is 6.92 Å². The minimum absolute atomic E-state index is 1.05. The average Bonchev–Trinajstić information content (AvgIpc) is 2.38. The van der Waals surface area contributed by atoms with Gasteiger partial charge < -0.3 is 4.90 Å². The molecule has 0 fully saturated rings. The number of hydrogen-bond acceptors (Lipinski definition) is 2. The molecule has 1 heterocycles. The fourth-order valence-corrected chi connectivity index (χ4v) is 1.90. The van der Waals surface area contributed by atoms with Crippen LogP contribution in [0.25, 0.3) is 12.2 Å². The molecule has 2 rings (SSSR count). The van der Waals surface area contributed by atoms with Crippen LogP contribution in [0.5, 0.6) is 0 Å². The molecule has 92 valence electrons. The van der Waals surface area contributed by atoms with E-state index in [9.17, 15) is 0 Å². The van der Waals surface area contributed by atoms with Crippen LogP contribution in [0.3, 0.4) is 0 Å². The number of rotatable bonds is 3. The average molecular weight is 238 g/mol. The van der Waals surface area contributed by atoms with Crippen molar-refractivity contribution in [2.75, 3.05) is 19.0 Å². The van der Waals surface area contributed by atoms with E-state index in [1.807, 2.05) is 37.4 Å². The highest BCUT2D eigenvalue weighted by Gasteiger charge is 2.04. The normalized spacial score (nSPS) is 10.8. The molecule has 18 heavy (non-hydrogen) atoms. The SMILES string of the molecule is Cc1nccc(N(C)C)c1C=Cc1ccccc1. The molecule has 0 amide bonds. The molecule has 1 aromatic carbocycles. The van der Waals surface area contributed by atoms with Crippen molar-refractivity contribution in [3.63, 3.8) is 0 Å². The van der Waals surface area contributed by atoms with E-state index in [0.717, 1.165) is 5.69 Å². The van der Waals surface area contributed by atoms with E-state index in [1.54, 1.807) is 0 Å². The molecular weight excluding hydrogens is 220 g/mol. The van der Waals surface area contributed by atoms with Crippen molar-refractivity contribution >= 4 is 17.8 Å². The van der Waals surface area contributed by atoms with Crippen molar-refractivity contribution in [2.45, 2.75) is 6.92 Å². The lowest BCUT2D eigenvalue weighted by Crippen LogP contribution is -2.11. The Morgan fingerprint density at radius 3 is 2.39 bits per heavy atom. The predicted molar refractivity (Wildman–Crippen MR) is 78.7 cm³/mol. The zero-order valence-corrected chi connectivity index (χ0v) is 11.1. The van der Waals surface area contributed by atoms with Gasteiger partial charge in [-0.15, -0.1) is 0 Å². The summed E-state index contributed by atoms with van der Waals surface area (Å²) in [5.41, 5.74) is 4.61. The largest absolute Gasteiger partial charge is 0.377 e. The van der Waals surface area contributed by atoms with Gasteiger partial charge in [-0.05, 0) is 18.6 Å². The van der Waals surface area contributed by atoms with Gasteiger partial charge in [-0.25, -0.2) is 0 Å². The van der Waals surface area contributed by atoms with E-state index >= 15 is 0 Å². The molecule has 0 radical (unpaired) electrons. The minimum Gasteiger partial charge on any atom is -0.377 e. The maximum Gasteiger partial charge on any atom is 0.0468 e. The van der Waals surface area contributed by atoms with Gasteiger partial charge >= 0.3 is 0 Å². The van der Waals surface area contributed by atoms with E-state index in [-0.39, 0.29) is 0 Å². The third kappa shape index (κ3) is 2.77. The first-order valence-electron chi connectivity index (χ1n) is 6.04. The Kier molecular flexibility index (Phi) is 3.78. The summed E-state index contributed by atoms with van der Waals surface area (Å²) in [6.45, 7) is 2.04. The third-order valence-electron chi connectivity index (χ3n) is 2.89. The van der Waals surface area contributed by atoms with Crippen LogP contribution in [0.2, 0.25) is 0 Å². The lowest BCUT2D eigenvalue weighted by molar-refractivity contribution is 1.09. The number of nitrogens with zero attached hydrogens (tertiary/aromatic N) is 2. The highest BCUT2D eigenvalue weighted by atomic mass is 15.1. The zero-order chi connectivity index (χ0) is 13.0. The van der Waals surface area contributed by atoms with E-state index in [0.29, 0.717) is 0 Å². The molecule has 0 spiro atoms. The molecule has 0 unspecified atom stereocenters. The maximum atomic E-state index is 4.36. The highest BCUT2D eigenvalue weighted by Crippen LogP contribution is 2.22. The first-order valence-corrected chi connectivity index (χ1v) is 6.04. The molecule has 0 saturated carbocycles. The van der Waals surface area contributed by atoms with Gasteiger partial charge in [0.2, 0.25) is 0 Å². The van der Waals surface area contributed by atoms with Gasteiger partial charge in [-0.1, -0.05) is 42.5 Å². The van der Waals surface area contributed by atoms with E-state index in [4.69, 9.17) is 0 Å². The van der Waals surface area contributed by atoms with Crippen LogP contribution >= 0.6 is 0 Å². The van der Waals surface area contributed by atoms with Crippen LogP contribution in [-0.4, -0.2) is 19.1 Å². The molecule has 1 aromatic heterocycles. The van der Waals surface area contributed by atoms with Crippen LogP contribution in [-0.2, 0) is 0 Å². The van der Waals surface area contributed by atoms with Gasteiger partial charge in [-0.3, -0.25) is 4.98 Å². The Morgan fingerprint density at radius 1 is 1.00 bits per heavy atom. The number of benzene rings is 1. The van der Waals surface area contributed by atoms with Gasteiger partial charge in [0.05, 0.1) is 0 Å². The highest BCUT2D eigenvalue weighted by molar-refractivity contribution is 5.77. The molecule has 0 aliphatic rings. The Hall–Kier alpha value is -2.09. The molecular formula is C16H18N2. The molecule has 0 N–H and O–H groups in total. The van der Waals surface area contributed by atoms with Crippen LogP contribution in [0.15, 0.2) is 42.6 Å². The van der Waals surface area contributed by atoms with E-state index in [1.165, 1.54) is 16.8 Å². The molecule has 0 aliphatic carbocycles. The first-order chi connectivity index (χ1) is 8.68. The van der Waals surface area contributed by atoms with E-state index in [2.05, 4.69) is 48.3 Å². The quantitative estimate of drug-likeness (QED) is 0.811. The summed E-state index contributed by atoms with van der Waals surface area (Å²) in [5.74, 6) is 0. The second-order valence-corrected chi connectivity index (χ2v) is 4.47. The van der Waals surface area contributed by atoms with Crippen molar-refractivity contribution in [3.05, 3.63) is 59.4 Å². The molecule has 2 heteroatoms. The number of pyridine rings is 1. The third-order valence-corrected chi connectivity index (χ3v) is 2.89. The molecule has 2 aromatic rings. The number of aromatic nitrogens is 1. The van der Waals surface area contributed by atoms with Crippen molar-refractivity contribution < 1.29 is 0 Å². The minimum atomic E-state index is 1.05. The number of aryl methyl sites for hydroxylation is 1. The first kappa shape index (κ1) is 12.4. The standard InChI is InChI=1S/C16H18N2/c1-13-15(16(18(2)3)11-12-17-13)10-9-14-7-5-4-6-8-14/h4-12H,1-3H3. The molecule has 0 aliphatic heterocycles. The molecule has 2 nitrogen and oxygen atoms in total. The van der Waals surface area contributed by atoms with Crippen molar-refractivity contribution in [3.8, 4) is 0 Å². The van der Waals surface area contributed by atoms with Gasteiger partial charge in [0.25, 0.3) is 0 Å². The van der Waals surface area contributed by atoms with E-state index < -0.39 is 0 Å². The fraction of sp³-hybridized carbons (Fsp3) is 0.188. The van der Waals surface area contributed by atoms with Crippen molar-refractivity contribution in [1.29, 1.82) is 0 Å². The summed E-state index contributed by atoms with van der Waals surface area (Å²) >= 11 is 0. The summed E-state index contributed by atoms with van der Waals surface area (Å²) in [5, 5.41) is 0. The van der Waals surface area contributed by atoms with Gasteiger partial charge in [-0.2, -0.15) is 0 Å². The van der Waals surface area contributed by atoms with Gasteiger partial charge in [0, 0.05) is 37.2 Å². The van der Waals surface area contributed by atoms with Crippen molar-refractivity contribution in [1.82, 2.24) is 4.98 Å². The van der Waals surface area contributed by atoms with Crippen LogP contribution in [0.1, 0.15) is 16.8 Å². The zero-order valence-electron chi connectivity index (χ0n) is 11.1. The summed E-state index contributed by atoms with van der Waals surface area (Å²) in [7, 11) is 4.10. The molecule has 0 atom stereocenters. The number of hydrogen-bond donors (Lipinski definition) is 0. The lowest BCUT2D eigenvalue weighted by atomic mass is 10.1. The lowest BCUT2D eigenvalue weighted by Gasteiger charge is -2.16. The summed E-state index contributed by atoms with van der Waals surface area (Å²) in [4.78, 5) is 6.47. The Bertz CT molecular complexity index is 542. The predicted octanol–water partition coefficient (Wildman–Crippen LogP) is 3.63. The summed E-state index contributed by atoms with van der Waals surface area (Å²) < 4.78 is 0. The summed E-state index contributed by atoms with van der Waals surface area (Å²) in [6, 6.07) is 12.3.